The maximum absolute atomic E-state index is 13.5. The summed E-state index contributed by atoms with van der Waals surface area (Å²) in [6.07, 6.45) is 6.97. The van der Waals surface area contributed by atoms with Crippen LogP contribution in [0.25, 0.3) is 0 Å². The van der Waals surface area contributed by atoms with Crippen molar-refractivity contribution in [3.63, 3.8) is 0 Å². The van der Waals surface area contributed by atoms with Crippen molar-refractivity contribution in [2.75, 3.05) is 45.8 Å². The van der Waals surface area contributed by atoms with Gasteiger partial charge in [-0.1, -0.05) is 57.2 Å². The third kappa shape index (κ3) is 9.76. The zero-order chi connectivity index (χ0) is 26.5. The van der Waals surface area contributed by atoms with Crippen molar-refractivity contribution in [2.45, 2.75) is 52.0 Å². The molecule has 0 aromatic heterocycles. The summed E-state index contributed by atoms with van der Waals surface area (Å²) >= 11 is 0. The number of hydrogen-bond donors (Lipinski definition) is 1. The summed E-state index contributed by atoms with van der Waals surface area (Å²) in [5, 5.41) is 3.05. The fourth-order valence-electron chi connectivity index (χ4n) is 4.52. The lowest BCUT2D eigenvalue weighted by molar-refractivity contribution is 0.0627. The Kier molecular flexibility index (Phi) is 11.8. The van der Waals surface area contributed by atoms with Gasteiger partial charge in [0, 0.05) is 57.9 Å². The summed E-state index contributed by atoms with van der Waals surface area (Å²) in [7, 11) is 0. The summed E-state index contributed by atoms with van der Waals surface area (Å²) < 4.78 is 26.9. The van der Waals surface area contributed by atoms with Crippen LogP contribution in [0, 0.1) is 11.6 Å². The van der Waals surface area contributed by atoms with Crippen LogP contribution in [-0.4, -0.2) is 72.5 Å². The lowest BCUT2D eigenvalue weighted by Gasteiger charge is -2.36. The Hall–Kier alpha value is -3.00. The SMILES string of the molecule is CCCCCCCCNC(=O)N(CCN1CCN(C(=O)c2cccc(F)c2)CC1)Cc1ccc(F)cc1. The Morgan fingerprint density at radius 3 is 2.30 bits per heavy atom. The molecule has 0 bridgehead atoms. The Morgan fingerprint density at radius 2 is 1.59 bits per heavy atom. The van der Waals surface area contributed by atoms with Crippen molar-refractivity contribution in [1.82, 2.24) is 20.0 Å². The minimum Gasteiger partial charge on any atom is -0.338 e. The standard InChI is InChI=1S/C29H40F2N4O2/c1-2-3-4-5-6-7-15-32-29(37)35(23-24-11-13-26(30)14-12-24)21-18-33-16-19-34(20-17-33)28(36)25-9-8-10-27(31)22-25/h8-14,22H,2-7,15-21,23H2,1H3,(H,32,37). The second kappa shape index (κ2) is 15.3. The van der Waals surface area contributed by atoms with Gasteiger partial charge in [0.2, 0.25) is 0 Å². The topological polar surface area (TPSA) is 55.9 Å². The monoisotopic (exact) mass is 514 g/mol. The van der Waals surface area contributed by atoms with E-state index in [0.717, 1.165) is 18.4 Å². The Morgan fingerprint density at radius 1 is 0.892 bits per heavy atom. The van der Waals surface area contributed by atoms with E-state index in [4.69, 9.17) is 0 Å². The molecule has 202 valence electrons. The predicted octanol–water partition coefficient (Wildman–Crippen LogP) is 5.29. The van der Waals surface area contributed by atoms with Gasteiger partial charge < -0.3 is 15.1 Å². The third-order valence-corrected chi connectivity index (χ3v) is 6.80. The van der Waals surface area contributed by atoms with Crippen LogP contribution in [0.15, 0.2) is 48.5 Å². The van der Waals surface area contributed by atoms with Crippen LogP contribution in [0.1, 0.15) is 61.4 Å². The first-order valence-electron chi connectivity index (χ1n) is 13.5. The van der Waals surface area contributed by atoms with Crippen LogP contribution in [0.5, 0.6) is 0 Å². The first-order valence-corrected chi connectivity index (χ1v) is 13.5. The van der Waals surface area contributed by atoms with Crippen molar-refractivity contribution in [3.05, 3.63) is 71.3 Å². The van der Waals surface area contributed by atoms with Crippen molar-refractivity contribution >= 4 is 11.9 Å². The van der Waals surface area contributed by atoms with E-state index in [1.165, 1.54) is 49.9 Å². The molecule has 1 aliphatic rings. The molecular weight excluding hydrogens is 474 g/mol. The number of benzene rings is 2. The highest BCUT2D eigenvalue weighted by molar-refractivity contribution is 5.94. The molecule has 0 unspecified atom stereocenters. The Labute approximate surface area is 219 Å². The number of amides is 3. The van der Waals surface area contributed by atoms with Gasteiger partial charge in [-0.25, -0.2) is 13.6 Å². The summed E-state index contributed by atoms with van der Waals surface area (Å²) in [6, 6.07) is 11.9. The largest absolute Gasteiger partial charge is 0.338 e. The number of unbranched alkanes of at least 4 members (excludes halogenated alkanes) is 5. The molecule has 0 atom stereocenters. The number of nitrogens with one attached hydrogen (secondary N) is 1. The molecule has 0 saturated carbocycles. The average molecular weight is 515 g/mol. The van der Waals surface area contributed by atoms with E-state index >= 15 is 0 Å². The molecule has 0 radical (unpaired) electrons. The molecule has 37 heavy (non-hydrogen) atoms. The maximum atomic E-state index is 13.5. The summed E-state index contributed by atoms with van der Waals surface area (Å²) in [6.45, 7) is 6.92. The van der Waals surface area contributed by atoms with Gasteiger partial charge in [0.25, 0.3) is 5.91 Å². The highest BCUT2D eigenvalue weighted by atomic mass is 19.1. The molecule has 2 aromatic rings. The van der Waals surface area contributed by atoms with Gasteiger partial charge in [-0.2, -0.15) is 0 Å². The molecule has 1 fully saturated rings. The number of rotatable bonds is 13. The second-order valence-electron chi connectivity index (χ2n) is 9.69. The molecule has 0 spiro atoms. The predicted molar refractivity (Wildman–Crippen MR) is 142 cm³/mol. The van der Waals surface area contributed by atoms with Gasteiger partial charge >= 0.3 is 6.03 Å². The molecule has 1 N–H and O–H groups in total. The van der Waals surface area contributed by atoms with Crippen LogP contribution in [-0.2, 0) is 6.54 Å². The molecule has 1 aliphatic heterocycles. The first kappa shape index (κ1) is 28.6. The van der Waals surface area contributed by atoms with E-state index in [0.29, 0.717) is 57.9 Å². The van der Waals surface area contributed by atoms with Crippen LogP contribution in [0.3, 0.4) is 0 Å². The fraction of sp³-hybridized carbons (Fsp3) is 0.517. The molecule has 1 saturated heterocycles. The minimum absolute atomic E-state index is 0.113. The number of halogens is 2. The van der Waals surface area contributed by atoms with Crippen molar-refractivity contribution in [2.24, 2.45) is 0 Å². The van der Waals surface area contributed by atoms with Gasteiger partial charge in [0.05, 0.1) is 0 Å². The molecular formula is C29H40F2N4O2. The van der Waals surface area contributed by atoms with E-state index in [1.54, 1.807) is 34.1 Å². The molecule has 3 amide bonds. The highest BCUT2D eigenvalue weighted by Crippen LogP contribution is 2.12. The van der Waals surface area contributed by atoms with Gasteiger partial charge in [0.15, 0.2) is 0 Å². The van der Waals surface area contributed by atoms with Crippen LogP contribution in [0.4, 0.5) is 13.6 Å². The average Bonchev–Trinajstić information content (AvgIpc) is 2.91. The molecule has 1 heterocycles. The number of urea groups is 1. The molecule has 8 heteroatoms. The zero-order valence-corrected chi connectivity index (χ0v) is 21.9. The molecule has 6 nitrogen and oxygen atoms in total. The number of hydrogen-bond acceptors (Lipinski definition) is 3. The molecule has 0 aliphatic carbocycles. The van der Waals surface area contributed by atoms with Gasteiger partial charge in [-0.05, 0) is 42.3 Å². The van der Waals surface area contributed by atoms with Crippen molar-refractivity contribution in [1.29, 1.82) is 0 Å². The molecule has 3 rings (SSSR count). The van der Waals surface area contributed by atoms with Gasteiger partial charge in [-0.3, -0.25) is 9.69 Å². The van der Waals surface area contributed by atoms with Crippen molar-refractivity contribution < 1.29 is 18.4 Å². The number of carbonyl (C=O) groups excluding carboxylic acids is 2. The number of nitrogens with zero attached hydrogens (tertiary/aromatic N) is 3. The van der Waals surface area contributed by atoms with Crippen LogP contribution < -0.4 is 5.32 Å². The van der Waals surface area contributed by atoms with Gasteiger partial charge in [0.1, 0.15) is 11.6 Å². The number of carbonyl (C=O) groups is 2. The smallest absolute Gasteiger partial charge is 0.317 e. The number of piperazine rings is 1. The Balaban J connectivity index is 1.48. The maximum Gasteiger partial charge on any atom is 0.317 e. The first-order chi connectivity index (χ1) is 18.0. The van der Waals surface area contributed by atoms with Crippen LogP contribution in [0.2, 0.25) is 0 Å². The van der Waals surface area contributed by atoms with Crippen molar-refractivity contribution in [3.8, 4) is 0 Å². The lowest BCUT2D eigenvalue weighted by atomic mass is 10.1. The second-order valence-corrected chi connectivity index (χ2v) is 9.69. The minimum atomic E-state index is -0.416. The Bertz CT molecular complexity index is 978. The van der Waals surface area contributed by atoms with E-state index in [1.807, 2.05) is 0 Å². The van der Waals surface area contributed by atoms with Crippen LogP contribution >= 0.6 is 0 Å². The van der Waals surface area contributed by atoms with E-state index in [-0.39, 0.29) is 17.8 Å². The van der Waals surface area contributed by atoms with E-state index in [2.05, 4.69) is 17.1 Å². The third-order valence-electron chi connectivity index (χ3n) is 6.80. The fourth-order valence-corrected chi connectivity index (χ4v) is 4.52. The quantitative estimate of drug-likeness (QED) is 0.370. The lowest BCUT2D eigenvalue weighted by Crippen LogP contribution is -2.51. The summed E-state index contributed by atoms with van der Waals surface area (Å²) in [5.74, 6) is -0.875. The van der Waals surface area contributed by atoms with E-state index in [9.17, 15) is 18.4 Å². The highest BCUT2D eigenvalue weighted by Gasteiger charge is 2.23. The zero-order valence-electron chi connectivity index (χ0n) is 21.9. The van der Waals surface area contributed by atoms with E-state index < -0.39 is 5.82 Å². The summed E-state index contributed by atoms with van der Waals surface area (Å²) in [5.41, 5.74) is 1.24. The van der Waals surface area contributed by atoms with Gasteiger partial charge in [-0.15, -0.1) is 0 Å². The molecule has 2 aromatic carbocycles. The normalized spacial score (nSPS) is 14.0. The summed E-state index contributed by atoms with van der Waals surface area (Å²) in [4.78, 5) is 31.4.